The molecule has 1 aromatic carbocycles. The third kappa shape index (κ3) is 1.68. The molecule has 3 aromatic rings. The second-order valence-electron chi connectivity index (χ2n) is 7.04. The van der Waals surface area contributed by atoms with Gasteiger partial charge < -0.3 is 8.97 Å². The van der Waals surface area contributed by atoms with Crippen LogP contribution in [0.15, 0.2) is 35.5 Å². The van der Waals surface area contributed by atoms with Gasteiger partial charge in [0.2, 0.25) is 0 Å². The zero-order valence-corrected chi connectivity index (χ0v) is 13.7. The van der Waals surface area contributed by atoms with Crippen LogP contribution in [-0.4, -0.2) is 15.2 Å². The number of nitrogens with zero attached hydrogens (tertiary/aromatic N) is 3. The highest BCUT2D eigenvalue weighted by Crippen LogP contribution is 2.38. The number of hydrogen-bond donors (Lipinski definition) is 0. The number of benzene rings is 1. The van der Waals surface area contributed by atoms with Crippen LogP contribution >= 0.6 is 0 Å². The molecule has 1 aliphatic heterocycles. The van der Waals surface area contributed by atoms with Crippen LogP contribution in [-0.2, 0) is 6.54 Å². The first kappa shape index (κ1) is 13.2. The van der Waals surface area contributed by atoms with E-state index in [0.717, 1.165) is 6.54 Å². The molecule has 0 fully saturated rings. The van der Waals surface area contributed by atoms with Crippen molar-refractivity contribution in [1.82, 2.24) is 8.97 Å². The summed E-state index contributed by atoms with van der Waals surface area (Å²) < 4.78 is 4.96. The molecule has 3 nitrogen and oxygen atoms in total. The lowest BCUT2D eigenvalue weighted by molar-refractivity contribution is 0.479. The average molecular weight is 303 g/mol. The smallest absolute Gasteiger partial charge is 0.0693 e. The van der Waals surface area contributed by atoms with Crippen LogP contribution in [0.2, 0.25) is 0 Å². The minimum absolute atomic E-state index is 0.586. The van der Waals surface area contributed by atoms with Gasteiger partial charge in [-0.25, -0.2) is 0 Å². The molecule has 2 aromatic heterocycles. The lowest BCUT2D eigenvalue weighted by Gasteiger charge is -2.29. The van der Waals surface area contributed by atoms with E-state index in [-0.39, 0.29) is 0 Å². The second kappa shape index (κ2) is 4.60. The van der Waals surface area contributed by atoms with E-state index >= 15 is 0 Å². The van der Waals surface area contributed by atoms with E-state index in [9.17, 15) is 0 Å². The molecule has 3 heterocycles. The fraction of sp³-hybridized carbons (Fsp3) is 0.350. The Labute approximate surface area is 135 Å². The quantitative estimate of drug-likeness (QED) is 0.599. The number of fused-ring (bicyclic) bond motifs is 5. The first-order valence-corrected chi connectivity index (χ1v) is 8.60. The highest BCUT2D eigenvalue weighted by molar-refractivity contribution is 5.96. The van der Waals surface area contributed by atoms with Crippen molar-refractivity contribution in [3.05, 3.63) is 47.2 Å². The van der Waals surface area contributed by atoms with Gasteiger partial charge >= 0.3 is 0 Å². The Morgan fingerprint density at radius 2 is 1.87 bits per heavy atom. The Kier molecular flexibility index (Phi) is 2.64. The van der Waals surface area contributed by atoms with Crippen molar-refractivity contribution in [2.75, 3.05) is 0 Å². The maximum absolute atomic E-state index is 4.47. The lowest BCUT2D eigenvalue weighted by Crippen LogP contribution is -2.29. The van der Waals surface area contributed by atoms with Gasteiger partial charge in [0.1, 0.15) is 0 Å². The van der Waals surface area contributed by atoms with Gasteiger partial charge in [0, 0.05) is 34.6 Å². The lowest BCUT2D eigenvalue weighted by atomic mass is 9.84. The Bertz CT molecular complexity index is 1030. The molecule has 2 aliphatic rings. The van der Waals surface area contributed by atoms with Crippen LogP contribution in [0.5, 0.6) is 0 Å². The highest BCUT2D eigenvalue weighted by atomic mass is 15.0. The summed E-state index contributed by atoms with van der Waals surface area (Å²) in [4.78, 5) is 4.47. The average Bonchev–Trinajstić information content (AvgIpc) is 2.95. The van der Waals surface area contributed by atoms with E-state index < -0.39 is 0 Å². The zero-order valence-electron chi connectivity index (χ0n) is 13.7. The van der Waals surface area contributed by atoms with E-state index in [2.05, 4.69) is 58.3 Å². The van der Waals surface area contributed by atoms with E-state index in [1.165, 1.54) is 45.9 Å². The van der Waals surface area contributed by atoms with Gasteiger partial charge in [-0.15, -0.1) is 0 Å². The van der Waals surface area contributed by atoms with Gasteiger partial charge in [-0.05, 0) is 30.7 Å². The summed E-state index contributed by atoms with van der Waals surface area (Å²) in [6.07, 6.45) is 8.86. The molecule has 0 saturated heterocycles. The van der Waals surface area contributed by atoms with Gasteiger partial charge in [0.25, 0.3) is 0 Å². The Hall–Kier alpha value is -2.29. The van der Waals surface area contributed by atoms with E-state index in [1.807, 2.05) is 12.4 Å². The molecule has 0 radical (unpaired) electrons. The topological polar surface area (TPSA) is 21.7 Å². The molecular weight excluding hydrogens is 282 g/mol. The summed E-state index contributed by atoms with van der Waals surface area (Å²) in [7, 11) is 0. The molecule has 0 spiro atoms. The molecule has 23 heavy (non-hydrogen) atoms. The third-order valence-corrected chi connectivity index (χ3v) is 5.62. The molecule has 0 amide bonds. The van der Waals surface area contributed by atoms with Crippen LogP contribution in [0, 0.1) is 0 Å². The molecule has 5 rings (SSSR count). The summed E-state index contributed by atoms with van der Waals surface area (Å²) in [6, 6.07) is 8.87. The van der Waals surface area contributed by atoms with Crippen molar-refractivity contribution >= 4 is 28.7 Å². The Balaban J connectivity index is 2.15. The Morgan fingerprint density at radius 1 is 1.04 bits per heavy atom. The van der Waals surface area contributed by atoms with Crippen molar-refractivity contribution in [3.63, 3.8) is 0 Å². The molecule has 1 aliphatic carbocycles. The molecule has 0 saturated carbocycles. The summed E-state index contributed by atoms with van der Waals surface area (Å²) in [5, 5.41) is 3.87. The summed E-state index contributed by atoms with van der Waals surface area (Å²) in [5.41, 5.74) is 4.33. The van der Waals surface area contributed by atoms with E-state index in [0.29, 0.717) is 11.8 Å². The van der Waals surface area contributed by atoms with Crippen molar-refractivity contribution in [3.8, 4) is 0 Å². The van der Waals surface area contributed by atoms with Gasteiger partial charge in [0.15, 0.2) is 0 Å². The van der Waals surface area contributed by atoms with E-state index in [1.54, 1.807) is 0 Å². The van der Waals surface area contributed by atoms with Crippen molar-refractivity contribution < 1.29 is 0 Å². The van der Waals surface area contributed by atoms with Gasteiger partial charge in [-0.2, -0.15) is 0 Å². The molecule has 2 atom stereocenters. The normalized spacial score (nSPS) is 22.9. The predicted molar refractivity (Wildman–Crippen MR) is 95.9 cm³/mol. The zero-order chi connectivity index (χ0) is 15.6. The minimum Gasteiger partial charge on any atom is -0.336 e. The molecule has 0 N–H and O–H groups in total. The molecule has 3 heteroatoms. The fourth-order valence-corrected chi connectivity index (χ4v) is 4.51. The number of rotatable bonds is 0. The van der Waals surface area contributed by atoms with Crippen LogP contribution in [0.1, 0.15) is 49.9 Å². The highest BCUT2D eigenvalue weighted by Gasteiger charge is 2.27. The van der Waals surface area contributed by atoms with Crippen LogP contribution in [0.25, 0.3) is 22.5 Å². The number of aromatic nitrogens is 2. The second-order valence-corrected chi connectivity index (χ2v) is 7.04. The third-order valence-electron chi connectivity index (χ3n) is 5.62. The number of para-hydroxylation sites is 1. The van der Waals surface area contributed by atoms with Gasteiger partial charge in [-0.3, -0.25) is 4.99 Å². The maximum atomic E-state index is 4.47. The van der Waals surface area contributed by atoms with Crippen LogP contribution < -0.4 is 5.35 Å². The van der Waals surface area contributed by atoms with Gasteiger partial charge in [-0.1, -0.05) is 32.0 Å². The van der Waals surface area contributed by atoms with Gasteiger partial charge in [0.05, 0.1) is 23.6 Å². The standard InChI is InChI=1S/C20H21N3/c1-13-6-7-14(2)19-18(13)22-11-9-21-12-17(22)16-5-3-4-15-8-10-23(19)20(15)16/h3-5,8-10,12-14H,6-7,11H2,1-2H3. The summed E-state index contributed by atoms with van der Waals surface area (Å²) >= 11 is 0. The molecular formula is C20H21N3. The monoisotopic (exact) mass is 303 g/mol. The first-order chi connectivity index (χ1) is 11.3. The largest absolute Gasteiger partial charge is 0.336 e. The number of hydrogen-bond acceptors (Lipinski definition) is 1. The van der Waals surface area contributed by atoms with Crippen LogP contribution in [0.3, 0.4) is 0 Å². The Morgan fingerprint density at radius 3 is 2.74 bits per heavy atom. The van der Waals surface area contributed by atoms with Crippen molar-refractivity contribution in [2.45, 2.75) is 45.1 Å². The molecule has 116 valence electrons. The summed E-state index contributed by atoms with van der Waals surface area (Å²) in [5.74, 6) is 1.17. The van der Waals surface area contributed by atoms with Crippen molar-refractivity contribution in [1.29, 1.82) is 0 Å². The van der Waals surface area contributed by atoms with E-state index in [4.69, 9.17) is 0 Å². The minimum atomic E-state index is 0.586. The van der Waals surface area contributed by atoms with Crippen molar-refractivity contribution in [2.24, 2.45) is 4.99 Å². The predicted octanol–water partition coefficient (Wildman–Crippen LogP) is 4.00. The SMILES string of the molecule is CC1CCC(C)c2c1n1c(c3cccc4ccn2c43)=CN=CC1. The molecule has 0 bridgehead atoms. The van der Waals surface area contributed by atoms with Crippen LogP contribution in [0.4, 0.5) is 0 Å². The maximum Gasteiger partial charge on any atom is 0.0693 e. The molecule has 2 unspecified atom stereocenters. The number of aliphatic imine (C=N–C) groups is 1. The first-order valence-electron chi connectivity index (χ1n) is 8.60. The fourth-order valence-electron chi connectivity index (χ4n) is 4.51. The summed E-state index contributed by atoms with van der Waals surface area (Å²) in [6.45, 7) is 5.63.